The maximum Gasteiger partial charge on any atom is 0.402 e. The molecule has 0 aromatic heterocycles. The topological polar surface area (TPSA) is 49.4 Å². The van der Waals surface area contributed by atoms with Gasteiger partial charge < -0.3 is 5.32 Å². The summed E-state index contributed by atoms with van der Waals surface area (Å²) in [6, 6.07) is 0.334. The van der Waals surface area contributed by atoms with Crippen LogP contribution in [0.1, 0.15) is 19.8 Å². The number of rotatable bonds is 6. The van der Waals surface area contributed by atoms with Gasteiger partial charge in [-0.05, 0) is 19.8 Å². The Hall–Kier alpha value is -0.340. The van der Waals surface area contributed by atoms with Crippen LogP contribution in [-0.4, -0.2) is 50.3 Å². The smallest absolute Gasteiger partial charge is 0.313 e. The van der Waals surface area contributed by atoms with Crippen molar-refractivity contribution in [2.45, 2.75) is 37.2 Å². The molecule has 0 saturated heterocycles. The van der Waals surface area contributed by atoms with Crippen LogP contribution < -0.4 is 5.32 Å². The lowest BCUT2D eigenvalue weighted by molar-refractivity contribution is -0.134. The van der Waals surface area contributed by atoms with Gasteiger partial charge in [-0.25, -0.2) is 8.42 Å². The lowest BCUT2D eigenvalue weighted by Crippen LogP contribution is -2.44. The van der Waals surface area contributed by atoms with Crippen molar-refractivity contribution < 1.29 is 21.6 Å². The lowest BCUT2D eigenvalue weighted by Gasteiger charge is -2.23. The highest BCUT2D eigenvalue weighted by atomic mass is 32.2. The first kappa shape index (κ1) is 14.7. The molecule has 0 amide bonds. The Balaban J connectivity index is 2.52. The summed E-state index contributed by atoms with van der Waals surface area (Å²) in [7, 11) is -2.93. The van der Waals surface area contributed by atoms with Crippen LogP contribution >= 0.6 is 0 Å². The SMILES string of the molecule is CC(CNC1CC1)S(=O)(=O)N(C)CC(F)(F)F. The van der Waals surface area contributed by atoms with E-state index < -0.39 is 28.0 Å². The molecule has 102 valence electrons. The van der Waals surface area contributed by atoms with Gasteiger partial charge >= 0.3 is 6.18 Å². The van der Waals surface area contributed by atoms with Crippen LogP contribution in [0.2, 0.25) is 0 Å². The van der Waals surface area contributed by atoms with Crippen molar-refractivity contribution in [2.75, 3.05) is 20.1 Å². The molecule has 0 aromatic rings. The molecular formula is C9H17F3N2O2S. The number of nitrogens with zero attached hydrogens (tertiary/aromatic N) is 1. The van der Waals surface area contributed by atoms with Crippen molar-refractivity contribution in [1.82, 2.24) is 9.62 Å². The molecule has 1 fully saturated rings. The highest BCUT2D eigenvalue weighted by Gasteiger charge is 2.36. The third-order valence-electron chi connectivity index (χ3n) is 2.62. The lowest BCUT2D eigenvalue weighted by atomic mass is 10.4. The van der Waals surface area contributed by atoms with E-state index in [0.29, 0.717) is 10.3 Å². The Morgan fingerprint density at radius 3 is 2.35 bits per heavy atom. The fraction of sp³-hybridized carbons (Fsp3) is 1.00. The van der Waals surface area contributed by atoms with Gasteiger partial charge in [0, 0.05) is 19.6 Å². The molecule has 0 bridgehead atoms. The number of sulfonamides is 1. The highest BCUT2D eigenvalue weighted by Crippen LogP contribution is 2.21. The van der Waals surface area contributed by atoms with E-state index in [0.717, 1.165) is 19.9 Å². The first-order valence-corrected chi connectivity index (χ1v) is 6.88. The van der Waals surface area contributed by atoms with Crippen LogP contribution in [-0.2, 0) is 10.0 Å². The molecule has 8 heteroatoms. The van der Waals surface area contributed by atoms with Crippen molar-refractivity contribution in [3.8, 4) is 0 Å². The van der Waals surface area contributed by atoms with Gasteiger partial charge in [0.25, 0.3) is 0 Å². The molecule has 0 aliphatic heterocycles. The monoisotopic (exact) mass is 274 g/mol. The molecule has 0 radical (unpaired) electrons. The molecule has 0 heterocycles. The number of hydrogen-bond donors (Lipinski definition) is 1. The zero-order valence-corrected chi connectivity index (χ0v) is 10.6. The van der Waals surface area contributed by atoms with Gasteiger partial charge in [-0.3, -0.25) is 0 Å². The summed E-state index contributed by atoms with van der Waals surface area (Å²) >= 11 is 0. The summed E-state index contributed by atoms with van der Waals surface area (Å²) in [6.07, 6.45) is -2.50. The third kappa shape index (κ3) is 4.81. The predicted molar refractivity (Wildman–Crippen MR) is 58.1 cm³/mol. The quantitative estimate of drug-likeness (QED) is 0.784. The molecule has 1 saturated carbocycles. The normalized spacial score (nSPS) is 19.6. The molecule has 1 atom stereocenters. The van der Waals surface area contributed by atoms with Gasteiger partial charge in [0.1, 0.15) is 6.54 Å². The summed E-state index contributed by atoms with van der Waals surface area (Å²) in [5, 5.41) is 2.14. The molecule has 1 unspecified atom stereocenters. The van der Waals surface area contributed by atoms with Gasteiger partial charge in [0.2, 0.25) is 10.0 Å². The summed E-state index contributed by atoms with van der Waals surface area (Å²) < 4.78 is 60.1. The Morgan fingerprint density at radius 2 is 1.94 bits per heavy atom. The van der Waals surface area contributed by atoms with E-state index in [-0.39, 0.29) is 6.54 Å². The van der Waals surface area contributed by atoms with E-state index in [1.165, 1.54) is 6.92 Å². The molecule has 4 nitrogen and oxygen atoms in total. The highest BCUT2D eigenvalue weighted by molar-refractivity contribution is 7.89. The van der Waals surface area contributed by atoms with Crippen molar-refractivity contribution in [3.05, 3.63) is 0 Å². The molecule has 1 aliphatic carbocycles. The molecule has 17 heavy (non-hydrogen) atoms. The van der Waals surface area contributed by atoms with Crippen molar-refractivity contribution in [3.63, 3.8) is 0 Å². The van der Waals surface area contributed by atoms with Gasteiger partial charge in [0.15, 0.2) is 0 Å². The summed E-state index contributed by atoms with van der Waals surface area (Å²) in [4.78, 5) is 0. The van der Waals surface area contributed by atoms with Crippen LogP contribution in [0, 0.1) is 0 Å². The molecule has 0 spiro atoms. The van der Waals surface area contributed by atoms with Crippen molar-refractivity contribution in [1.29, 1.82) is 0 Å². The van der Waals surface area contributed by atoms with Crippen LogP contribution in [0.25, 0.3) is 0 Å². The number of nitrogens with one attached hydrogen (secondary N) is 1. The average Bonchev–Trinajstić information content (AvgIpc) is 2.94. The molecule has 0 aromatic carbocycles. The number of halogens is 3. The molecule has 1 aliphatic rings. The van der Waals surface area contributed by atoms with Gasteiger partial charge in [-0.15, -0.1) is 0 Å². The first-order valence-electron chi connectivity index (χ1n) is 5.38. The van der Waals surface area contributed by atoms with Gasteiger partial charge in [-0.1, -0.05) is 0 Å². The fourth-order valence-corrected chi connectivity index (χ4v) is 2.62. The maximum absolute atomic E-state index is 12.1. The number of hydrogen-bond acceptors (Lipinski definition) is 3. The second-order valence-electron chi connectivity index (χ2n) is 4.41. The van der Waals surface area contributed by atoms with Crippen LogP contribution in [0.4, 0.5) is 13.2 Å². The largest absolute Gasteiger partial charge is 0.402 e. The molecule has 1 rings (SSSR count). The Morgan fingerprint density at radius 1 is 1.41 bits per heavy atom. The minimum absolute atomic E-state index is 0.190. The summed E-state index contributed by atoms with van der Waals surface area (Å²) in [5.74, 6) is 0. The second kappa shape index (κ2) is 5.11. The minimum Gasteiger partial charge on any atom is -0.313 e. The zero-order valence-electron chi connectivity index (χ0n) is 9.79. The van der Waals surface area contributed by atoms with Crippen LogP contribution in [0.3, 0.4) is 0 Å². The first-order chi connectivity index (χ1) is 7.63. The second-order valence-corrected chi connectivity index (χ2v) is 6.87. The van der Waals surface area contributed by atoms with E-state index in [9.17, 15) is 21.6 Å². The predicted octanol–water partition coefficient (Wildman–Crippen LogP) is 0.951. The van der Waals surface area contributed by atoms with E-state index >= 15 is 0 Å². The Kier molecular flexibility index (Phi) is 4.43. The van der Waals surface area contributed by atoms with E-state index in [1.807, 2.05) is 0 Å². The Bertz CT molecular complexity index is 352. The molecular weight excluding hydrogens is 257 g/mol. The maximum atomic E-state index is 12.1. The zero-order chi connectivity index (χ0) is 13.3. The van der Waals surface area contributed by atoms with Gasteiger partial charge in [0.05, 0.1) is 5.25 Å². The summed E-state index contributed by atoms with van der Waals surface area (Å²) in [5.41, 5.74) is 0. The van der Waals surface area contributed by atoms with E-state index in [4.69, 9.17) is 0 Å². The minimum atomic E-state index is -4.51. The number of alkyl halides is 3. The average molecular weight is 274 g/mol. The van der Waals surface area contributed by atoms with Gasteiger partial charge in [-0.2, -0.15) is 17.5 Å². The standard InChI is InChI=1S/C9H17F3N2O2S/c1-7(5-13-8-3-4-8)17(15,16)14(2)6-9(10,11)12/h7-8,13H,3-6H2,1-2H3. The summed E-state index contributed by atoms with van der Waals surface area (Å²) in [6.45, 7) is 0.163. The van der Waals surface area contributed by atoms with Crippen molar-refractivity contribution in [2.24, 2.45) is 0 Å². The van der Waals surface area contributed by atoms with E-state index in [2.05, 4.69) is 5.32 Å². The van der Waals surface area contributed by atoms with E-state index in [1.54, 1.807) is 0 Å². The Labute approximate surface area is 99.2 Å². The van der Waals surface area contributed by atoms with Crippen LogP contribution in [0.5, 0.6) is 0 Å². The van der Waals surface area contributed by atoms with Crippen molar-refractivity contribution >= 4 is 10.0 Å². The molecule has 1 N–H and O–H groups in total. The van der Waals surface area contributed by atoms with Crippen LogP contribution in [0.15, 0.2) is 0 Å². The fourth-order valence-electron chi connectivity index (χ4n) is 1.38. The third-order valence-corrected chi connectivity index (χ3v) is 4.80.